The van der Waals surface area contributed by atoms with Crippen LogP contribution in [0.4, 0.5) is 0 Å². The number of ether oxygens (including phenoxy) is 1. The Morgan fingerprint density at radius 2 is 2.28 bits per heavy atom. The van der Waals surface area contributed by atoms with Crippen LogP contribution in [-0.2, 0) is 16.8 Å². The van der Waals surface area contributed by atoms with Crippen molar-refractivity contribution in [3.63, 3.8) is 0 Å². The van der Waals surface area contributed by atoms with Crippen LogP contribution in [0.5, 0.6) is 0 Å². The van der Waals surface area contributed by atoms with E-state index in [1.807, 2.05) is 10.9 Å². The third-order valence-corrected chi connectivity index (χ3v) is 3.29. The molecule has 0 aromatic carbocycles. The van der Waals surface area contributed by atoms with Crippen molar-refractivity contribution in [2.24, 2.45) is 0 Å². The Balaban J connectivity index is 1.85. The van der Waals surface area contributed by atoms with Crippen LogP contribution in [0.15, 0.2) is 6.20 Å². The largest absolute Gasteiger partial charge is 0.378 e. The van der Waals surface area contributed by atoms with Crippen LogP contribution < -0.4 is 5.32 Å². The molecule has 1 saturated heterocycles. The van der Waals surface area contributed by atoms with E-state index in [0.29, 0.717) is 12.1 Å². The standard InChI is InChI=1S/C13H24N4O/c1-10-7-11(5-6-18-10)14-8-12-9-17(16-15-12)13(2,3)4/h9-11,14H,5-8H2,1-4H3. The zero-order valence-corrected chi connectivity index (χ0v) is 11.8. The van der Waals surface area contributed by atoms with Crippen LogP contribution in [0.3, 0.4) is 0 Å². The van der Waals surface area contributed by atoms with Gasteiger partial charge in [-0.1, -0.05) is 5.21 Å². The van der Waals surface area contributed by atoms with E-state index in [0.717, 1.165) is 31.7 Å². The predicted octanol–water partition coefficient (Wildman–Crippen LogP) is 1.69. The Hall–Kier alpha value is -0.940. The minimum absolute atomic E-state index is 0.00155. The van der Waals surface area contributed by atoms with Gasteiger partial charge in [0.05, 0.1) is 23.5 Å². The summed E-state index contributed by atoms with van der Waals surface area (Å²) in [4.78, 5) is 0. The number of hydrogen-bond donors (Lipinski definition) is 1. The molecule has 102 valence electrons. The van der Waals surface area contributed by atoms with E-state index in [9.17, 15) is 0 Å². The first-order valence-electron chi connectivity index (χ1n) is 6.72. The zero-order chi connectivity index (χ0) is 13.2. The molecule has 0 aliphatic carbocycles. The van der Waals surface area contributed by atoms with E-state index >= 15 is 0 Å². The van der Waals surface area contributed by atoms with Crippen molar-refractivity contribution in [3.05, 3.63) is 11.9 Å². The third kappa shape index (κ3) is 3.53. The second kappa shape index (κ2) is 5.36. The van der Waals surface area contributed by atoms with Crippen molar-refractivity contribution >= 4 is 0 Å². The number of nitrogens with one attached hydrogen (secondary N) is 1. The lowest BCUT2D eigenvalue weighted by Crippen LogP contribution is -2.37. The fourth-order valence-electron chi connectivity index (χ4n) is 2.14. The molecule has 18 heavy (non-hydrogen) atoms. The van der Waals surface area contributed by atoms with Gasteiger partial charge in [0, 0.05) is 19.2 Å². The summed E-state index contributed by atoms with van der Waals surface area (Å²) in [5.41, 5.74) is 1.00. The Morgan fingerprint density at radius 1 is 1.50 bits per heavy atom. The Morgan fingerprint density at radius 3 is 2.89 bits per heavy atom. The lowest BCUT2D eigenvalue weighted by atomic mass is 10.0. The molecule has 5 nitrogen and oxygen atoms in total. The van der Waals surface area contributed by atoms with E-state index in [1.54, 1.807) is 0 Å². The summed E-state index contributed by atoms with van der Waals surface area (Å²) in [5, 5.41) is 11.9. The van der Waals surface area contributed by atoms with E-state index < -0.39 is 0 Å². The van der Waals surface area contributed by atoms with Crippen LogP contribution in [0, 0.1) is 0 Å². The monoisotopic (exact) mass is 252 g/mol. The molecule has 1 aliphatic rings. The van der Waals surface area contributed by atoms with Gasteiger partial charge in [0.1, 0.15) is 0 Å². The van der Waals surface area contributed by atoms with Crippen LogP contribution in [0.25, 0.3) is 0 Å². The van der Waals surface area contributed by atoms with Gasteiger partial charge in [-0.05, 0) is 40.5 Å². The first kappa shape index (κ1) is 13.5. The number of nitrogens with zero attached hydrogens (tertiary/aromatic N) is 3. The van der Waals surface area contributed by atoms with Crippen molar-refractivity contribution in [1.82, 2.24) is 20.3 Å². The maximum Gasteiger partial charge on any atom is 0.0965 e. The molecule has 2 heterocycles. The number of rotatable bonds is 3. The van der Waals surface area contributed by atoms with Crippen molar-refractivity contribution in [1.29, 1.82) is 0 Å². The molecular formula is C13H24N4O. The normalized spacial score (nSPS) is 25.3. The Bertz CT molecular complexity index is 383. The molecule has 1 fully saturated rings. The van der Waals surface area contributed by atoms with Crippen molar-refractivity contribution in [2.75, 3.05) is 6.61 Å². The van der Waals surface area contributed by atoms with Gasteiger partial charge in [-0.25, -0.2) is 4.68 Å². The van der Waals surface area contributed by atoms with Gasteiger partial charge in [0.2, 0.25) is 0 Å². The fraction of sp³-hybridized carbons (Fsp3) is 0.846. The fourth-order valence-corrected chi connectivity index (χ4v) is 2.14. The van der Waals surface area contributed by atoms with Crippen molar-refractivity contribution < 1.29 is 4.74 Å². The average Bonchev–Trinajstić information content (AvgIpc) is 2.74. The van der Waals surface area contributed by atoms with Gasteiger partial charge in [-0.2, -0.15) is 0 Å². The summed E-state index contributed by atoms with van der Waals surface area (Å²) in [5.74, 6) is 0. The molecular weight excluding hydrogens is 228 g/mol. The van der Waals surface area contributed by atoms with E-state index in [-0.39, 0.29) is 5.54 Å². The molecule has 2 atom stereocenters. The first-order valence-corrected chi connectivity index (χ1v) is 6.72. The zero-order valence-electron chi connectivity index (χ0n) is 11.8. The smallest absolute Gasteiger partial charge is 0.0965 e. The van der Waals surface area contributed by atoms with E-state index in [1.165, 1.54) is 0 Å². The number of hydrogen-bond acceptors (Lipinski definition) is 4. The minimum atomic E-state index is -0.00155. The van der Waals surface area contributed by atoms with Gasteiger partial charge >= 0.3 is 0 Å². The second-order valence-corrected chi connectivity index (χ2v) is 6.11. The predicted molar refractivity (Wildman–Crippen MR) is 70.3 cm³/mol. The highest BCUT2D eigenvalue weighted by atomic mass is 16.5. The second-order valence-electron chi connectivity index (χ2n) is 6.11. The van der Waals surface area contributed by atoms with Crippen LogP contribution in [0.2, 0.25) is 0 Å². The molecule has 1 aromatic heterocycles. The molecule has 0 radical (unpaired) electrons. The SMILES string of the molecule is CC1CC(NCc2cn(C(C)(C)C)nn2)CCO1. The molecule has 1 aromatic rings. The summed E-state index contributed by atoms with van der Waals surface area (Å²) in [6.45, 7) is 10.1. The molecule has 1 aliphatic heterocycles. The molecule has 2 rings (SSSR count). The van der Waals surface area contributed by atoms with Crippen LogP contribution >= 0.6 is 0 Å². The molecule has 5 heteroatoms. The van der Waals surface area contributed by atoms with Gasteiger partial charge in [-0.3, -0.25) is 0 Å². The van der Waals surface area contributed by atoms with Crippen LogP contribution in [0.1, 0.15) is 46.2 Å². The van der Waals surface area contributed by atoms with Crippen molar-refractivity contribution in [3.8, 4) is 0 Å². The molecule has 0 amide bonds. The third-order valence-electron chi connectivity index (χ3n) is 3.29. The lowest BCUT2D eigenvalue weighted by Gasteiger charge is -2.27. The Labute approximate surface area is 109 Å². The van der Waals surface area contributed by atoms with Crippen molar-refractivity contribution in [2.45, 2.75) is 64.8 Å². The van der Waals surface area contributed by atoms with Gasteiger partial charge in [0.25, 0.3) is 0 Å². The minimum Gasteiger partial charge on any atom is -0.378 e. The molecule has 0 spiro atoms. The highest BCUT2D eigenvalue weighted by Crippen LogP contribution is 2.14. The maximum absolute atomic E-state index is 5.54. The Kier molecular flexibility index (Phi) is 4.02. The summed E-state index contributed by atoms with van der Waals surface area (Å²) in [7, 11) is 0. The van der Waals surface area contributed by atoms with Gasteiger partial charge in [-0.15, -0.1) is 5.10 Å². The first-order chi connectivity index (χ1) is 8.45. The highest BCUT2D eigenvalue weighted by molar-refractivity contribution is 4.95. The molecule has 0 bridgehead atoms. The summed E-state index contributed by atoms with van der Waals surface area (Å²) >= 11 is 0. The lowest BCUT2D eigenvalue weighted by molar-refractivity contribution is 0.0130. The van der Waals surface area contributed by atoms with Gasteiger partial charge < -0.3 is 10.1 Å². The average molecular weight is 252 g/mol. The maximum atomic E-state index is 5.54. The topological polar surface area (TPSA) is 52.0 Å². The summed E-state index contributed by atoms with van der Waals surface area (Å²) in [6.07, 6.45) is 4.54. The quantitative estimate of drug-likeness (QED) is 0.889. The van der Waals surface area contributed by atoms with E-state index in [4.69, 9.17) is 4.74 Å². The summed E-state index contributed by atoms with van der Waals surface area (Å²) < 4.78 is 7.45. The molecule has 1 N–H and O–H groups in total. The summed E-state index contributed by atoms with van der Waals surface area (Å²) in [6, 6.07) is 0.536. The van der Waals surface area contributed by atoms with Gasteiger partial charge in [0.15, 0.2) is 0 Å². The van der Waals surface area contributed by atoms with E-state index in [2.05, 4.69) is 43.3 Å². The highest BCUT2D eigenvalue weighted by Gasteiger charge is 2.19. The van der Waals surface area contributed by atoms with Crippen LogP contribution in [-0.4, -0.2) is 33.7 Å². The molecule has 0 saturated carbocycles. The molecule has 2 unspecified atom stereocenters. The number of aromatic nitrogens is 3.